The van der Waals surface area contributed by atoms with Gasteiger partial charge < -0.3 is 0 Å². The van der Waals surface area contributed by atoms with Crippen LogP contribution in [-0.4, -0.2) is 0 Å². The van der Waals surface area contributed by atoms with Crippen LogP contribution in [0.1, 0.15) is 81.6 Å². The van der Waals surface area contributed by atoms with E-state index >= 15 is 0 Å². The average Bonchev–Trinajstić information content (AvgIpc) is 2.25. The van der Waals surface area contributed by atoms with Gasteiger partial charge in [-0.25, -0.2) is 0 Å². The van der Waals surface area contributed by atoms with Crippen molar-refractivity contribution in [3.8, 4) is 12.3 Å². The second-order valence-electron chi connectivity index (χ2n) is 2.87. The van der Waals surface area contributed by atoms with Crippen LogP contribution in [0.15, 0.2) is 12.2 Å². The van der Waals surface area contributed by atoms with Gasteiger partial charge in [-0.1, -0.05) is 60.5 Å². The summed E-state index contributed by atoms with van der Waals surface area (Å²) in [5.41, 5.74) is 1.17. The fraction of sp³-hybridized carbons (Fsp3) is 0.750. The molecule has 0 fully saturated rings. The summed E-state index contributed by atoms with van der Waals surface area (Å²) in [6.45, 7) is 21.8. The zero-order valence-electron chi connectivity index (χ0n) is 13.4. The summed E-state index contributed by atoms with van der Waals surface area (Å²) in [4.78, 5) is 0. The molecule has 0 radical (unpaired) electrons. The minimum atomic E-state index is 0.917. The van der Waals surface area contributed by atoms with E-state index in [1.54, 1.807) is 0 Å². The van der Waals surface area contributed by atoms with Crippen molar-refractivity contribution in [2.45, 2.75) is 81.6 Å². The van der Waals surface area contributed by atoms with Crippen molar-refractivity contribution < 1.29 is 0 Å². The van der Waals surface area contributed by atoms with Gasteiger partial charge in [0.2, 0.25) is 0 Å². The molecular weight excluding hydrogens is 192 g/mol. The summed E-state index contributed by atoms with van der Waals surface area (Å²) in [5, 5.41) is 0. The zero-order chi connectivity index (χ0) is 14.4. The summed E-state index contributed by atoms with van der Waals surface area (Å²) < 4.78 is 0. The highest BCUT2D eigenvalue weighted by Gasteiger charge is 1.61. The monoisotopic (exact) mass is 228 g/mol. The standard InChI is InChI=1S/C5H8.C4H8.C3H8.2C2H6/c1-3-5-4-2;1-4(2)3;1-3-2;2*1-2/h1H,4-5H2,2H3;1H2,2-3H3;3H2,1-2H3;2*1-2H3. The molecule has 0 aromatic heterocycles. The van der Waals surface area contributed by atoms with Crippen LogP contribution < -0.4 is 0 Å². The third-order valence-electron chi connectivity index (χ3n) is 0.394. The molecule has 0 rings (SSSR count). The maximum Gasteiger partial charge on any atom is 0.00834 e. The van der Waals surface area contributed by atoms with Crippen LogP contribution in [0.5, 0.6) is 0 Å². The van der Waals surface area contributed by atoms with Gasteiger partial charge in [0.25, 0.3) is 0 Å². The third kappa shape index (κ3) is 1190. The fourth-order valence-electron chi connectivity index (χ4n) is 0.144. The van der Waals surface area contributed by atoms with E-state index < -0.39 is 0 Å². The van der Waals surface area contributed by atoms with Crippen molar-refractivity contribution in [2.24, 2.45) is 0 Å². The highest BCUT2D eigenvalue weighted by Crippen LogP contribution is 1.77. The van der Waals surface area contributed by atoms with Gasteiger partial charge in [0.05, 0.1) is 0 Å². The molecule has 0 spiro atoms. The van der Waals surface area contributed by atoms with Crippen LogP contribution >= 0.6 is 0 Å². The van der Waals surface area contributed by atoms with Crippen molar-refractivity contribution in [2.75, 3.05) is 0 Å². The van der Waals surface area contributed by atoms with Gasteiger partial charge >= 0.3 is 0 Å². The highest BCUT2D eigenvalue weighted by atomic mass is 13.7. The van der Waals surface area contributed by atoms with Crippen molar-refractivity contribution in [3.05, 3.63) is 12.2 Å². The highest BCUT2D eigenvalue weighted by molar-refractivity contribution is 4.81. The van der Waals surface area contributed by atoms with Crippen molar-refractivity contribution in [3.63, 3.8) is 0 Å². The summed E-state index contributed by atoms with van der Waals surface area (Å²) in [6, 6.07) is 0. The van der Waals surface area contributed by atoms with Gasteiger partial charge in [-0.3, -0.25) is 0 Å². The molecule has 0 amide bonds. The van der Waals surface area contributed by atoms with E-state index in [1.165, 1.54) is 12.0 Å². The van der Waals surface area contributed by atoms with Crippen LogP contribution in [0.3, 0.4) is 0 Å². The molecule has 0 aliphatic carbocycles. The number of hydrogen-bond donors (Lipinski definition) is 0. The van der Waals surface area contributed by atoms with E-state index in [9.17, 15) is 0 Å². The van der Waals surface area contributed by atoms with Crippen molar-refractivity contribution in [1.82, 2.24) is 0 Å². The summed E-state index contributed by atoms with van der Waals surface area (Å²) in [6.07, 6.45) is 8.16. The molecule has 0 aromatic carbocycles. The van der Waals surface area contributed by atoms with Gasteiger partial charge in [-0.05, 0) is 20.3 Å². The number of allylic oxidation sites excluding steroid dienone is 1. The Kier molecular flexibility index (Phi) is 117. The molecule has 0 bridgehead atoms. The lowest BCUT2D eigenvalue weighted by atomic mass is 10.4. The van der Waals surface area contributed by atoms with E-state index in [-0.39, 0.29) is 0 Å². The Bertz CT molecular complexity index is 99.7. The molecule has 0 unspecified atom stereocenters. The molecule has 100 valence electrons. The number of rotatable bonds is 1. The molecule has 16 heavy (non-hydrogen) atoms. The van der Waals surface area contributed by atoms with Crippen molar-refractivity contribution in [1.29, 1.82) is 0 Å². The quantitative estimate of drug-likeness (QED) is 0.356. The molecule has 0 saturated carbocycles. The summed E-state index contributed by atoms with van der Waals surface area (Å²) in [5.74, 6) is 2.52. The smallest absolute Gasteiger partial charge is 0.00834 e. The first-order valence-corrected chi connectivity index (χ1v) is 6.62. The number of hydrogen-bond acceptors (Lipinski definition) is 0. The molecule has 0 N–H and O–H groups in total. The molecule has 0 heterocycles. The van der Waals surface area contributed by atoms with Crippen molar-refractivity contribution >= 4 is 0 Å². The normalized spacial score (nSPS) is 5.50. The second kappa shape index (κ2) is 63.7. The lowest BCUT2D eigenvalue weighted by molar-refractivity contribution is 0.984. The van der Waals surface area contributed by atoms with Gasteiger partial charge in [-0.2, -0.15) is 0 Å². The predicted molar refractivity (Wildman–Crippen MR) is 82.9 cm³/mol. The van der Waals surface area contributed by atoms with Gasteiger partial charge in [0.1, 0.15) is 0 Å². The first-order valence-electron chi connectivity index (χ1n) is 6.62. The minimum absolute atomic E-state index is 0.917. The molecule has 0 aliphatic heterocycles. The van der Waals surface area contributed by atoms with Crippen LogP contribution in [0.2, 0.25) is 0 Å². The SMILES string of the molecule is C#CCCC.C=C(C)C.CC.CC.CCC. The molecule has 0 atom stereocenters. The number of unbranched alkanes of at least 4 members (excludes halogenated alkanes) is 1. The largest absolute Gasteiger partial charge is 0.120 e. The Morgan fingerprint density at radius 2 is 1.19 bits per heavy atom. The Hall–Kier alpha value is -0.700. The molecule has 0 heteroatoms. The van der Waals surface area contributed by atoms with E-state index in [4.69, 9.17) is 6.42 Å². The Morgan fingerprint density at radius 3 is 1.19 bits per heavy atom. The molecular formula is C16H36. The van der Waals surface area contributed by atoms with E-state index in [0.717, 1.165) is 12.8 Å². The maximum absolute atomic E-state index is 4.89. The van der Waals surface area contributed by atoms with E-state index in [2.05, 4.69) is 33.3 Å². The predicted octanol–water partition coefficient (Wildman–Crippen LogP) is 6.47. The van der Waals surface area contributed by atoms with Crippen LogP contribution in [0, 0.1) is 12.3 Å². The lowest BCUT2D eigenvalue weighted by Crippen LogP contribution is -1.53. The molecule has 0 nitrogen and oxygen atoms in total. The lowest BCUT2D eigenvalue weighted by Gasteiger charge is -1.69. The molecule has 0 saturated heterocycles. The molecule has 0 aliphatic rings. The Balaban J connectivity index is -0.0000000334. The summed E-state index contributed by atoms with van der Waals surface area (Å²) in [7, 11) is 0. The first kappa shape index (κ1) is 29.5. The topological polar surface area (TPSA) is 0 Å². The third-order valence-corrected chi connectivity index (χ3v) is 0.394. The molecule has 0 aromatic rings. The van der Waals surface area contributed by atoms with Crippen LogP contribution in [-0.2, 0) is 0 Å². The second-order valence-corrected chi connectivity index (χ2v) is 2.87. The van der Waals surface area contributed by atoms with Gasteiger partial charge in [-0.15, -0.1) is 18.9 Å². The van der Waals surface area contributed by atoms with Gasteiger partial charge in [0.15, 0.2) is 0 Å². The summed E-state index contributed by atoms with van der Waals surface area (Å²) >= 11 is 0. The average molecular weight is 228 g/mol. The minimum Gasteiger partial charge on any atom is -0.120 e. The van der Waals surface area contributed by atoms with Crippen LogP contribution in [0.4, 0.5) is 0 Å². The van der Waals surface area contributed by atoms with Gasteiger partial charge in [0, 0.05) is 6.42 Å². The van der Waals surface area contributed by atoms with E-state index in [1.807, 2.05) is 41.5 Å². The Morgan fingerprint density at radius 1 is 1.00 bits per heavy atom. The maximum atomic E-state index is 4.89. The first-order chi connectivity index (χ1) is 7.56. The van der Waals surface area contributed by atoms with E-state index in [0.29, 0.717) is 0 Å². The fourth-order valence-corrected chi connectivity index (χ4v) is 0.144. The van der Waals surface area contributed by atoms with Crippen LogP contribution in [0.25, 0.3) is 0 Å². The number of terminal acetylenes is 1. The Labute approximate surface area is 107 Å². The zero-order valence-corrected chi connectivity index (χ0v) is 13.4.